The molecule has 2 aromatic rings. The Hall–Kier alpha value is -2.16. The van der Waals surface area contributed by atoms with Crippen molar-refractivity contribution in [3.63, 3.8) is 0 Å². The predicted octanol–water partition coefficient (Wildman–Crippen LogP) is 3.72. The van der Waals surface area contributed by atoms with E-state index in [1.807, 2.05) is 19.1 Å². The van der Waals surface area contributed by atoms with E-state index in [9.17, 15) is 9.18 Å². The molecule has 1 N–H and O–H groups in total. The maximum atomic E-state index is 13.9. The first-order valence-electron chi connectivity index (χ1n) is 6.83. The highest BCUT2D eigenvalue weighted by Gasteiger charge is 2.20. The lowest BCUT2D eigenvalue weighted by molar-refractivity contribution is 0.103. The molecule has 2 aromatic carbocycles. The van der Waals surface area contributed by atoms with Gasteiger partial charge in [-0.3, -0.25) is 4.79 Å². The van der Waals surface area contributed by atoms with Gasteiger partial charge in [-0.05, 0) is 43.5 Å². The molecular weight excluding hydrogens is 253 g/mol. The Labute approximate surface area is 117 Å². The molecule has 0 saturated heterocycles. The van der Waals surface area contributed by atoms with Crippen LogP contribution < -0.4 is 5.32 Å². The van der Waals surface area contributed by atoms with Gasteiger partial charge in [0.05, 0.1) is 5.56 Å². The second-order valence-corrected chi connectivity index (χ2v) is 5.17. The summed E-state index contributed by atoms with van der Waals surface area (Å²) < 4.78 is 13.9. The third-order valence-corrected chi connectivity index (χ3v) is 3.71. The highest BCUT2D eigenvalue weighted by molar-refractivity contribution is 6.11. The standard InChI is InChI=1S/C17H16FNO/c1-11-7-8-15(18)14(10-11)17(20)13-4-2-6-16-12(13)5-3-9-19-16/h2,4,6-8,10,19H,3,5,9H2,1H3. The van der Waals surface area contributed by atoms with Crippen molar-refractivity contribution < 1.29 is 9.18 Å². The molecule has 0 unspecified atom stereocenters. The predicted molar refractivity (Wildman–Crippen MR) is 77.8 cm³/mol. The lowest BCUT2D eigenvalue weighted by Gasteiger charge is -2.20. The molecule has 0 radical (unpaired) electrons. The monoisotopic (exact) mass is 269 g/mol. The Bertz CT molecular complexity index is 679. The number of hydrogen-bond donors (Lipinski definition) is 1. The quantitative estimate of drug-likeness (QED) is 0.842. The summed E-state index contributed by atoms with van der Waals surface area (Å²) in [6, 6.07) is 10.3. The van der Waals surface area contributed by atoms with E-state index in [2.05, 4.69) is 5.32 Å². The fourth-order valence-corrected chi connectivity index (χ4v) is 2.68. The second kappa shape index (κ2) is 5.08. The summed E-state index contributed by atoms with van der Waals surface area (Å²) in [5.41, 5.74) is 3.65. The lowest BCUT2D eigenvalue weighted by atomic mass is 9.92. The molecule has 1 aliphatic rings. The van der Waals surface area contributed by atoms with Crippen LogP contribution in [-0.4, -0.2) is 12.3 Å². The highest BCUT2D eigenvalue weighted by Crippen LogP contribution is 2.27. The zero-order valence-electron chi connectivity index (χ0n) is 11.4. The first-order chi connectivity index (χ1) is 9.66. The molecule has 0 fully saturated rings. The van der Waals surface area contributed by atoms with E-state index >= 15 is 0 Å². The Morgan fingerprint density at radius 2 is 2.05 bits per heavy atom. The van der Waals surface area contributed by atoms with Crippen LogP contribution in [0.1, 0.15) is 33.5 Å². The van der Waals surface area contributed by atoms with Crippen molar-refractivity contribution in [2.45, 2.75) is 19.8 Å². The van der Waals surface area contributed by atoms with Gasteiger partial charge >= 0.3 is 0 Å². The van der Waals surface area contributed by atoms with E-state index in [-0.39, 0.29) is 11.3 Å². The third-order valence-electron chi connectivity index (χ3n) is 3.71. The maximum Gasteiger partial charge on any atom is 0.196 e. The fraction of sp³-hybridized carbons (Fsp3) is 0.235. The van der Waals surface area contributed by atoms with E-state index in [0.29, 0.717) is 5.56 Å². The van der Waals surface area contributed by atoms with Crippen molar-refractivity contribution in [3.8, 4) is 0 Å². The summed E-state index contributed by atoms with van der Waals surface area (Å²) in [6.07, 6.45) is 1.85. The average molecular weight is 269 g/mol. The van der Waals surface area contributed by atoms with Crippen molar-refractivity contribution in [3.05, 3.63) is 64.5 Å². The summed E-state index contributed by atoms with van der Waals surface area (Å²) in [5.74, 6) is -0.686. The summed E-state index contributed by atoms with van der Waals surface area (Å²) in [6.45, 7) is 2.78. The van der Waals surface area contributed by atoms with E-state index in [1.165, 1.54) is 6.07 Å². The minimum absolute atomic E-state index is 0.156. The first kappa shape index (κ1) is 12.9. The topological polar surface area (TPSA) is 29.1 Å². The smallest absolute Gasteiger partial charge is 0.196 e. The molecular formula is C17H16FNO. The molecule has 0 spiro atoms. The van der Waals surface area contributed by atoms with Gasteiger partial charge in [0.2, 0.25) is 0 Å². The van der Waals surface area contributed by atoms with Crippen molar-refractivity contribution in [2.75, 3.05) is 11.9 Å². The number of anilines is 1. The van der Waals surface area contributed by atoms with Crippen LogP contribution in [0, 0.1) is 12.7 Å². The second-order valence-electron chi connectivity index (χ2n) is 5.17. The summed E-state index contributed by atoms with van der Waals surface area (Å²) in [5, 5.41) is 3.29. The SMILES string of the molecule is Cc1ccc(F)c(C(=O)c2cccc3c2CCCN3)c1. The molecule has 3 rings (SSSR count). The molecule has 1 aliphatic heterocycles. The van der Waals surface area contributed by atoms with Crippen molar-refractivity contribution >= 4 is 11.5 Å². The molecule has 0 bridgehead atoms. The zero-order chi connectivity index (χ0) is 14.1. The molecule has 0 amide bonds. The molecule has 3 heteroatoms. The molecule has 0 aromatic heterocycles. The van der Waals surface area contributed by atoms with Gasteiger partial charge in [-0.25, -0.2) is 4.39 Å². The van der Waals surface area contributed by atoms with E-state index in [4.69, 9.17) is 0 Å². The minimum Gasteiger partial charge on any atom is -0.385 e. The number of hydrogen-bond acceptors (Lipinski definition) is 2. The Kier molecular flexibility index (Phi) is 3.26. The number of halogens is 1. The number of aryl methyl sites for hydroxylation is 1. The zero-order valence-corrected chi connectivity index (χ0v) is 11.4. The fourth-order valence-electron chi connectivity index (χ4n) is 2.68. The normalized spacial score (nSPS) is 13.5. The van der Waals surface area contributed by atoms with Crippen LogP contribution in [0.5, 0.6) is 0 Å². The summed E-state index contributed by atoms with van der Waals surface area (Å²) in [7, 11) is 0. The van der Waals surface area contributed by atoms with E-state index < -0.39 is 5.82 Å². The van der Waals surface area contributed by atoms with E-state index in [0.717, 1.165) is 36.2 Å². The molecule has 102 valence electrons. The molecule has 0 atom stereocenters. The Morgan fingerprint density at radius 1 is 1.20 bits per heavy atom. The van der Waals surface area contributed by atoms with Gasteiger partial charge in [0, 0.05) is 17.8 Å². The number of ketones is 1. The van der Waals surface area contributed by atoms with Crippen LogP contribution in [0.4, 0.5) is 10.1 Å². The van der Waals surface area contributed by atoms with Crippen molar-refractivity contribution in [1.29, 1.82) is 0 Å². The number of carbonyl (C=O) groups excluding carboxylic acids is 1. The molecule has 0 saturated carbocycles. The largest absolute Gasteiger partial charge is 0.385 e. The van der Waals surface area contributed by atoms with Gasteiger partial charge < -0.3 is 5.32 Å². The van der Waals surface area contributed by atoms with Crippen LogP contribution in [0.25, 0.3) is 0 Å². The van der Waals surface area contributed by atoms with Gasteiger partial charge in [0.1, 0.15) is 5.82 Å². The van der Waals surface area contributed by atoms with Crippen LogP contribution in [-0.2, 0) is 6.42 Å². The molecule has 1 heterocycles. The summed E-state index contributed by atoms with van der Waals surface area (Å²) in [4.78, 5) is 12.6. The third kappa shape index (κ3) is 2.20. The Balaban J connectivity index is 2.09. The van der Waals surface area contributed by atoms with E-state index in [1.54, 1.807) is 18.2 Å². The van der Waals surface area contributed by atoms with Crippen LogP contribution in [0.15, 0.2) is 36.4 Å². The minimum atomic E-state index is -0.457. The number of fused-ring (bicyclic) bond motifs is 1. The summed E-state index contributed by atoms with van der Waals surface area (Å²) >= 11 is 0. The Morgan fingerprint density at radius 3 is 2.90 bits per heavy atom. The van der Waals surface area contributed by atoms with Crippen LogP contribution in [0.2, 0.25) is 0 Å². The van der Waals surface area contributed by atoms with Gasteiger partial charge in [-0.1, -0.05) is 23.8 Å². The highest BCUT2D eigenvalue weighted by atomic mass is 19.1. The number of nitrogens with one attached hydrogen (secondary N) is 1. The van der Waals surface area contributed by atoms with Crippen LogP contribution >= 0.6 is 0 Å². The number of carbonyl (C=O) groups is 1. The number of rotatable bonds is 2. The molecule has 20 heavy (non-hydrogen) atoms. The van der Waals surface area contributed by atoms with Gasteiger partial charge in [-0.2, -0.15) is 0 Å². The van der Waals surface area contributed by atoms with Gasteiger partial charge in [-0.15, -0.1) is 0 Å². The average Bonchev–Trinajstić information content (AvgIpc) is 2.48. The van der Waals surface area contributed by atoms with Gasteiger partial charge in [0.15, 0.2) is 5.78 Å². The van der Waals surface area contributed by atoms with Crippen molar-refractivity contribution in [1.82, 2.24) is 0 Å². The lowest BCUT2D eigenvalue weighted by Crippen LogP contribution is -2.16. The first-order valence-corrected chi connectivity index (χ1v) is 6.83. The molecule has 0 aliphatic carbocycles. The molecule has 2 nitrogen and oxygen atoms in total. The van der Waals surface area contributed by atoms with Crippen molar-refractivity contribution in [2.24, 2.45) is 0 Å². The number of benzene rings is 2. The van der Waals surface area contributed by atoms with Gasteiger partial charge in [0.25, 0.3) is 0 Å². The van der Waals surface area contributed by atoms with Crippen LogP contribution in [0.3, 0.4) is 0 Å². The maximum absolute atomic E-state index is 13.9.